The molecule has 1 radical (unpaired) electrons. The number of rotatable bonds is 4. The summed E-state index contributed by atoms with van der Waals surface area (Å²) in [6.07, 6.45) is 0. The maximum absolute atomic E-state index is 9.67. The van der Waals surface area contributed by atoms with Crippen LogP contribution < -0.4 is 0 Å². The molecule has 0 aromatic heterocycles. The molecular formula is C4H8NaO4. The van der Waals surface area contributed by atoms with Crippen LogP contribution in [0, 0.1) is 0 Å². The first-order chi connectivity index (χ1) is 3.77. The molecule has 9 heavy (non-hydrogen) atoms. The summed E-state index contributed by atoms with van der Waals surface area (Å²) in [6.45, 7) is -0.375. The van der Waals surface area contributed by atoms with Gasteiger partial charge in [-0.15, -0.1) is 0 Å². The molecule has 0 saturated carbocycles. The average Bonchev–Trinajstić information content (AvgIpc) is 1.66. The van der Waals surface area contributed by atoms with Gasteiger partial charge in [-0.25, -0.2) is 4.79 Å². The van der Waals surface area contributed by atoms with E-state index in [4.69, 9.17) is 10.2 Å². The fraction of sp³-hybridized carbons (Fsp3) is 0.750. The molecule has 0 fully saturated rings. The summed E-state index contributed by atoms with van der Waals surface area (Å²) in [5.41, 5.74) is 0. The van der Waals surface area contributed by atoms with Crippen LogP contribution in [0.5, 0.6) is 0 Å². The van der Waals surface area contributed by atoms with Crippen molar-refractivity contribution in [2.45, 2.75) is 0 Å². The maximum atomic E-state index is 9.67. The van der Waals surface area contributed by atoms with Gasteiger partial charge in [-0.1, -0.05) is 0 Å². The zero-order valence-electron chi connectivity index (χ0n) is 5.33. The minimum Gasteiger partial charge on any atom is -0.480 e. The van der Waals surface area contributed by atoms with Crippen molar-refractivity contribution in [2.24, 2.45) is 0 Å². The normalized spacial score (nSPS) is 8.11. The van der Waals surface area contributed by atoms with Gasteiger partial charge in [0.15, 0.2) is 0 Å². The molecule has 0 spiro atoms. The monoisotopic (exact) mass is 143 g/mol. The molecule has 49 valence electrons. The minimum absolute atomic E-state index is 0. The van der Waals surface area contributed by atoms with Crippen molar-refractivity contribution in [3.05, 3.63) is 0 Å². The second-order valence-corrected chi connectivity index (χ2v) is 1.17. The molecule has 0 aliphatic rings. The van der Waals surface area contributed by atoms with Gasteiger partial charge < -0.3 is 14.9 Å². The van der Waals surface area contributed by atoms with E-state index in [1.807, 2.05) is 0 Å². The number of carbonyl (C=O) groups is 1. The summed E-state index contributed by atoms with van der Waals surface area (Å²) in [6, 6.07) is 0. The Morgan fingerprint density at radius 2 is 2.11 bits per heavy atom. The van der Waals surface area contributed by atoms with Gasteiger partial charge in [0.1, 0.15) is 6.61 Å². The van der Waals surface area contributed by atoms with E-state index in [1.165, 1.54) is 0 Å². The van der Waals surface area contributed by atoms with E-state index >= 15 is 0 Å². The van der Waals surface area contributed by atoms with Crippen LogP contribution in [0.3, 0.4) is 0 Å². The summed E-state index contributed by atoms with van der Waals surface area (Å²) >= 11 is 0. The molecule has 0 bridgehead atoms. The molecule has 0 unspecified atom stereocenters. The fourth-order valence-corrected chi connectivity index (χ4v) is 0.224. The summed E-state index contributed by atoms with van der Waals surface area (Å²) in [4.78, 5) is 9.67. The van der Waals surface area contributed by atoms with E-state index in [2.05, 4.69) is 4.74 Å². The summed E-state index contributed by atoms with van der Waals surface area (Å²) in [7, 11) is 0. The third-order valence-electron chi connectivity index (χ3n) is 0.461. The van der Waals surface area contributed by atoms with Crippen LogP contribution in [0.4, 0.5) is 0 Å². The van der Waals surface area contributed by atoms with Gasteiger partial charge in [0.05, 0.1) is 13.2 Å². The predicted octanol–water partition coefficient (Wildman–Crippen LogP) is -1.30. The Kier molecular flexibility index (Phi) is 11.3. The Labute approximate surface area is 75.1 Å². The third kappa shape index (κ3) is 11.8. The smallest absolute Gasteiger partial charge is 0.329 e. The van der Waals surface area contributed by atoms with Gasteiger partial charge in [0.25, 0.3) is 0 Å². The molecule has 2 N–H and O–H groups in total. The molecule has 0 aromatic carbocycles. The van der Waals surface area contributed by atoms with Gasteiger partial charge in [0, 0.05) is 29.6 Å². The maximum Gasteiger partial charge on any atom is 0.329 e. The first-order valence-electron chi connectivity index (χ1n) is 2.17. The van der Waals surface area contributed by atoms with Gasteiger partial charge in [0.2, 0.25) is 0 Å². The van der Waals surface area contributed by atoms with Crippen molar-refractivity contribution in [1.82, 2.24) is 0 Å². The Balaban J connectivity index is 0. The van der Waals surface area contributed by atoms with Crippen molar-refractivity contribution in [1.29, 1.82) is 0 Å². The number of hydrogen-bond donors (Lipinski definition) is 2. The second kappa shape index (κ2) is 8.39. The Hall–Kier alpha value is 0.390. The quantitative estimate of drug-likeness (QED) is 0.379. The van der Waals surface area contributed by atoms with Crippen LogP contribution in [-0.2, 0) is 9.53 Å². The number of aliphatic carboxylic acids is 1. The van der Waals surface area contributed by atoms with Crippen molar-refractivity contribution in [3.63, 3.8) is 0 Å². The number of ether oxygens (including phenoxy) is 1. The van der Waals surface area contributed by atoms with Crippen molar-refractivity contribution < 1.29 is 19.7 Å². The molecule has 0 rings (SSSR count). The minimum atomic E-state index is -1.02. The van der Waals surface area contributed by atoms with Gasteiger partial charge in [-0.2, -0.15) is 0 Å². The summed E-state index contributed by atoms with van der Waals surface area (Å²) < 4.78 is 4.39. The topological polar surface area (TPSA) is 66.8 Å². The second-order valence-electron chi connectivity index (χ2n) is 1.17. The van der Waals surface area contributed by atoms with E-state index in [0.717, 1.165) is 0 Å². The fourth-order valence-electron chi connectivity index (χ4n) is 0.224. The summed E-state index contributed by atoms with van der Waals surface area (Å²) in [5.74, 6) is -1.02. The standard InChI is InChI=1S/C4H8O4.Na/c5-1-2-8-3-4(6)7;/h5H,1-3H2,(H,6,7);. The van der Waals surface area contributed by atoms with Crippen molar-refractivity contribution in [3.8, 4) is 0 Å². The number of aliphatic hydroxyl groups is 1. The van der Waals surface area contributed by atoms with E-state index in [1.54, 1.807) is 0 Å². The van der Waals surface area contributed by atoms with Crippen LogP contribution in [0.25, 0.3) is 0 Å². The number of carboxylic acids is 1. The summed E-state index contributed by atoms with van der Waals surface area (Å²) in [5, 5.41) is 16.0. The van der Waals surface area contributed by atoms with Crippen LogP contribution in [0.15, 0.2) is 0 Å². The SMILES string of the molecule is O=C(O)COCCO.[Na]. The molecule has 0 aliphatic carbocycles. The van der Waals surface area contributed by atoms with Crippen LogP contribution in [0.1, 0.15) is 0 Å². The van der Waals surface area contributed by atoms with Crippen LogP contribution >= 0.6 is 0 Å². The molecule has 4 nitrogen and oxygen atoms in total. The number of aliphatic hydroxyl groups excluding tert-OH is 1. The van der Waals surface area contributed by atoms with E-state index < -0.39 is 5.97 Å². The average molecular weight is 143 g/mol. The molecule has 0 saturated heterocycles. The third-order valence-corrected chi connectivity index (χ3v) is 0.461. The molecule has 0 amide bonds. The first kappa shape index (κ1) is 12.1. The number of hydrogen-bond acceptors (Lipinski definition) is 3. The van der Waals surface area contributed by atoms with Gasteiger partial charge in [-0.3, -0.25) is 0 Å². The molecular weight excluding hydrogens is 135 g/mol. The zero-order chi connectivity index (χ0) is 6.41. The van der Waals surface area contributed by atoms with E-state index in [-0.39, 0.29) is 49.4 Å². The Bertz CT molecular complexity index is 75.0. The van der Waals surface area contributed by atoms with Crippen molar-refractivity contribution in [2.75, 3.05) is 19.8 Å². The molecule has 0 aliphatic heterocycles. The number of carboxylic acid groups (broad SMARTS) is 1. The predicted molar refractivity (Wildman–Crippen MR) is 31.3 cm³/mol. The Morgan fingerprint density at radius 3 is 2.44 bits per heavy atom. The molecule has 5 heteroatoms. The van der Waals surface area contributed by atoms with Gasteiger partial charge in [-0.05, 0) is 0 Å². The van der Waals surface area contributed by atoms with E-state index in [9.17, 15) is 4.79 Å². The first-order valence-corrected chi connectivity index (χ1v) is 2.17. The Morgan fingerprint density at radius 1 is 1.56 bits per heavy atom. The largest absolute Gasteiger partial charge is 0.480 e. The van der Waals surface area contributed by atoms with Crippen molar-refractivity contribution >= 4 is 35.5 Å². The van der Waals surface area contributed by atoms with Gasteiger partial charge >= 0.3 is 5.97 Å². The molecule has 0 aromatic rings. The molecule has 0 atom stereocenters. The molecule has 0 heterocycles. The van der Waals surface area contributed by atoms with Crippen LogP contribution in [0.2, 0.25) is 0 Å². The van der Waals surface area contributed by atoms with E-state index in [0.29, 0.717) is 0 Å². The van der Waals surface area contributed by atoms with Crippen LogP contribution in [-0.4, -0.2) is 65.6 Å². The zero-order valence-corrected chi connectivity index (χ0v) is 7.33.